The fraction of sp³-hybridized carbons (Fsp3) is 0.348. The highest BCUT2D eigenvalue weighted by molar-refractivity contribution is 8.00. The molecule has 182 valence electrons. The number of nitrogens with one attached hydrogen (secondary N) is 1. The molecular formula is C23H25F3N4O3S. The summed E-state index contributed by atoms with van der Waals surface area (Å²) in [5.41, 5.74) is 1.93. The van der Waals surface area contributed by atoms with E-state index in [0.717, 1.165) is 22.9 Å². The summed E-state index contributed by atoms with van der Waals surface area (Å²) >= 11 is 1.02. The molecule has 0 aliphatic rings. The van der Waals surface area contributed by atoms with Gasteiger partial charge in [-0.05, 0) is 18.6 Å². The Morgan fingerprint density at radius 2 is 1.82 bits per heavy atom. The smallest absolute Gasteiger partial charge is 0.405 e. The summed E-state index contributed by atoms with van der Waals surface area (Å²) in [5, 5.41) is 9.79. The largest absolute Gasteiger partial charge is 0.485 e. The third-order valence-corrected chi connectivity index (χ3v) is 5.84. The van der Waals surface area contributed by atoms with Gasteiger partial charge in [-0.3, -0.25) is 4.79 Å². The van der Waals surface area contributed by atoms with Gasteiger partial charge in [0.05, 0.1) is 11.9 Å². The van der Waals surface area contributed by atoms with Crippen LogP contribution in [0.5, 0.6) is 5.75 Å². The first-order valence-electron chi connectivity index (χ1n) is 10.5. The molecule has 34 heavy (non-hydrogen) atoms. The van der Waals surface area contributed by atoms with E-state index >= 15 is 0 Å². The third kappa shape index (κ3) is 7.22. The van der Waals surface area contributed by atoms with E-state index in [1.165, 1.54) is 6.92 Å². The van der Waals surface area contributed by atoms with Crippen molar-refractivity contribution in [3.63, 3.8) is 0 Å². The first-order valence-corrected chi connectivity index (χ1v) is 11.4. The van der Waals surface area contributed by atoms with Gasteiger partial charge >= 0.3 is 6.18 Å². The minimum absolute atomic E-state index is 0.107. The number of hydrogen-bond donors (Lipinski definition) is 1. The molecule has 0 radical (unpaired) electrons. The zero-order chi connectivity index (χ0) is 24.6. The Bertz CT molecular complexity index is 1080. The number of alkyl halides is 3. The summed E-state index contributed by atoms with van der Waals surface area (Å²) in [6.45, 7) is 0.983. The maximum atomic E-state index is 12.4. The Kier molecular flexibility index (Phi) is 8.94. The molecule has 0 fully saturated rings. The van der Waals surface area contributed by atoms with E-state index in [4.69, 9.17) is 9.47 Å². The summed E-state index contributed by atoms with van der Waals surface area (Å²) in [4.78, 5) is 12.1. The number of benzene rings is 2. The molecule has 0 aliphatic carbocycles. The minimum atomic E-state index is -4.47. The second kappa shape index (κ2) is 11.9. The van der Waals surface area contributed by atoms with Crippen LogP contribution < -0.4 is 10.1 Å². The predicted octanol–water partition coefficient (Wildman–Crippen LogP) is 4.33. The van der Waals surface area contributed by atoms with Crippen molar-refractivity contribution in [2.24, 2.45) is 0 Å². The van der Waals surface area contributed by atoms with Gasteiger partial charge in [-0.2, -0.15) is 13.2 Å². The van der Waals surface area contributed by atoms with E-state index in [1.807, 2.05) is 59.9 Å². The lowest BCUT2D eigenvalue weighted by atomic mass is 10.1. The molecule has 0 bridgehead atoms. The zero-order valence-corrected chi connectivity index (χ0v) is 19.5. The van der Waals surface area contributed by atoms with Crippen molar-refractivity contribution in [3.05, 3.63) is 60.4 Å². The van der Waals surface area contributed by atoms with Crippen LogP contribution in [-0.4, -0.2) is 52.4 Å². The second-order valence-corrected chi connectivity index (χ2v) is 8.60. The molecule has 1 heterocycles. The zero-order valence-electron chi connectivity index (χ0n) is 18.7. The van der Waals surface area contributed by atoms with E-state index in [0.29, 0.717) is 29.9 Å². The lowest BCUT2D eigenvalue weighted by molar-refractivity contribution is -0.137. The van der Waals surface area contributed by atoms with Gasteiger partial charge in [0.1, 0.15) is 18.9 Å². The number of carbonyl (C=O) groups excluding carboxylic acids is 1. The van der Waals surface area contributed by atoms with Crippen molar-refractivity contribution in [2.45, 2.75) is 36.7 Å². The molecule has 1 atom stereocenters. The average Bonchev–Trinajstić information content (AvgIpc) is 3.21. The molecular weight excluding hydrogens is 469 g/mol. The molecule has 1 aromatic heterocycles. The summed E-state index contributed by atoms with van der Waals surface area (Å²) in [7, 11) is 1.55. The van der Waals surface area contributed by atoms with Gasteiger partial charge in [-0.15, -0.1) is 10.2 Å². The highest BCUT2D eigenvalue weighted by Gasteiger charge is 2.29. The Morgan fingerprint density at radius 1 is 1.12 bits per heavy atom. The number of nitrogens with zero attached hydrogens (tertiary/aromatic N) is 3. The topological polar surface area (TPSA) is 78.3 Å². The van der Waals surface area contributed by atoms with Crippen LogP contribution in [0, 0.1) is 0 Å². The SMILES string of the molecule is COCCn1c(COc2ccccc2-c2ccccc2)nnc1SC(C)C(=O)NCC(F)(F)F. The van der Waals surface area contributed by atoms with Crippen LogP contribution in [0.25, 0.3) is 11.1 Å². The monoisotopic (exact) mass is 494 g/mol. The third-order valence-electron chi connectivity index (χ3n) is 4.76. The van der Waals surface area contributed by atoms with Crippen LogP contribution in [0.2, 0.25) is 0 Å². The summed E-state index contributed by atoms with van der Waals surface area (Å²) in [5.74, 6) is 0.438. The van der Waals surface area contributed by atoms with Gasteiger partial charge in [-0.25, -0.2) is 0 Å². The number of methoxy groups -OCH3 is 1. The van der Waals surface area contributed by atoms with Crippen molar-refractivity contribution < 1.29 is 27.4 Å². The normalized spacial score (nSPS) is 12.4. The van der Waals surface area contributed by atoms with Gasteiger partial charge in [0, 0.05) is 19.2 Å². The Morgan fingerprint density at radius 3 is 2.53 bits per heavy atom. The minimum Gasteiger partial charge on any atom is -0.485 e. The maximum Gasteiger partial charge on any atom is 0.405 e. The lowest BCUT2D eigenvalue weighted by Crippen LogP contribution is -2.38. The molecule has 3 rings (SSSR count). The van der Waals surface area contributed by atoms with Crippen LogP contribution in [-0.2, 0) is 22.7 Å². The number of carbonyl (C=O) groups is 1. The number of para-hydroxylation sites is 1. The first kappa shape index (κ1) is 25.6. The number of hydrogen-bond acceptors (Lipinski definition) is 6. The van der Waals surface area contributed by atoms with E-state index in [2.05, 4.69) is 10.2 Å². The highest BCUT2D eigenvalue weighted by Crippen LogP contribution is 2.30. The number of aromatic nitrogens is 3. The number of rotatable bonds is 11. The molecule has 1 amide bonds. The molecule has 3 aromatic rings. The van der Waals surface area contributed by atoms with E-state index in [1.54, 1.807) is 11.7 Å². The number of ether oxygens (including phenoxy) is 2. The van der Waals surface area contributed by atoms with Crippen molar-refractivity contribution in [1.82, 2.24) is 20.1 Å². The van der Waals surface area contributed by atoms with Crippen LogP contribution in [0.1, 0.15) is 12.7 Å². The van der Waals surface area contributed by atoms with Crippen LogP contribution >= 0.6 is 11.8 Å². The molecule has 11 heteroatoms. The van der Waals surface area contributed by atoms with Crippen LogP contribution in [0.3, 0.4) is 0 Å². The molecule has 2 aromatic carbocycles. The van der Waals surface area contributed by atoms with Gasteiger partial charge in [0.15, 0.2) is 11.0 Å². The van der Waals surface area contributed by atoms with E-state index in [-0.39, 0.29) is 6.61 Å². The van der Waals surface area contributed by atoms with Gasteiger partial charge in [-0.1, -0.05) is 60.3 Å². The van der Waals surface area contributed by atoms with E-state index < -0.39 is 23.9 Å². The molecule has 0 saturated carbocycles. The number of amides is 1. The molecule has 0 spiro atoms. The highest BCUT2D eigenvalue weighted by atomic mass is 32.2. The van der Waals surface area contributed by atoms with Gasteiger partial charge in [0.25, 0.3) is 0 Å². The summed E-state index contributed by atoms with van der Waals surface area (Å²) in [6.07, 6.45) is -4.47. The van der Waals surface area contributed by atoms with Crippen LogP contribution in [0.4, 0.5) is 13.2 Å². The van der Waals surface area contributed by atoms with Crippen molar-refractivity contribution in [2.75, 3.05) is 20.3 Å². The molecule has 7 nitrogen and oxygen atoms in total. The fourth-order valence-corrected chi connectivity index (χ4v) is 3.97. The van der Waals surface area contributed by atoms with Gasteiger partial charge in [0.2, 0.25) is 5.91 Å². The van der Waals surface area contributed by atoms with Crippen LogP contribution in [0.15, 0.2) is 59.8 Å². The van der Waals surface area contributed by atoms with E-state index in [9.17, 15) is 18.0 Å². The molecule has 1 N–H and O–H groups in total. The molecule has 1 unspecified atom stereocenters. The first-order chi connectivity index (χ1) is 16.3. The maximum absolute atomic E-state index is 12.4. The number of halogens is 3. The Labute approximate surface area is 199 Å². The predicted molar refractivity (Wildman–Crippen MR) is 122 cm³/mol. The number of thioether (sulfide) groups is 1. The van der Waals surface area contributed by atoms with Gasteiger partial charge < -0.3 is 19.4 Å². The summed E-state index contributed by atoms with van der Waals surface area (Å²) in [6, 6.07) is 17.4. The molecule has 0 aliphatic heterocycles. The second-order valence-electron chi connectivity index (χ2n) is 7.29. The quantitative estimate of drug-likeness (QED) is 0.400. The molecule has 0 saturated heterocycles. The average molecular weight is 495 g/mol. The fourth-order valence-electron chi connectivity index (χ4n) is 3.05. The standard InChI is InChI=1S/C23H25F3N4O3S/c1-16(21(31)27-15-23(24,25)26)34-22-29-28-20(30(22)12-13-32-2)14-33-19-11-7-6-10-18(19)17-8-4-3-5-9-17/h3-11,16H,12-15H2,1-2H3,(H,27,31). The Balaban J connectivity index is 1.73. The van der Waals surface area contributed by atoms with Crippen molar-refractivity contribution in [3.8, 4) is 16.9 Å². The lowest BCUT2D eigenvalue weighted by Gasteiger charge is -2.15. The Hall–Kier alpha value is -3.05. The van der Waals surface area contributed by atoms with Crippen molar-refractivity contribution >= 4 is 17.7 Å². The summed E-state index contributed by atoms with van der Waals surface area (Å²) < 4.78 is 50.2. The van der Waals surface area contributed by atoms with Crippen molar-refractivity contribution in [1.29, 1.82) is 0 Å².